The van der Waals surface area contributed by atoms with Gasteiger partial charge in [0.2, 0.25) is 0 Å². The van der Waals surface area contributed by atoms with Crippen LogP contribution in [0.5, 0.6) is 0 Å². The van der Waals surface area contributed by atoms with Gasteiger partial charge in [0.1, 0.15) is 0 Å². The second-order valence-corrected chi connectivity index (χ2v) is 70.0. The Kier molecular flexibility index (Phi) is 12.2. The van der Waals surface area contributed by atoms with Crippen LogP contribution in [-0.2, 0) is 6.15 Å². The topological polar surface area (TPSA) is 34.1 Å². The zero-order valence-corrected chi connectivity index (χ0v) is 38.4. The quantitative estimate of drug-likeness (QED) is 0.203. The Labute approximate surface area is 245 Å². The van der Waals surface area contributed by atoms with Gasteiger partial charge in [-0.15, -0.1) is 0 Å². The van der Waals surface area contributed by atoms with Crippen LogP contribution in [0.1, 0.15) is 0 Å². The van der Waals surface area contributed by atoms with Crippen LogP contribution < -0.4 is 10.4 Å². The van der Waals surface area contributed by atoms with Gasteiger partial charge < -0.3 is 0 Å². The average Bonchev–Trinajstić information content (AvgIpc) is 2.55. The molecule has 10 heteroatoms. The Morgan fingerprint density at radius 3 is 0.833 bits per heavy atom. The van der Waals surface area contributed by atoms with E-state index in [9.17, 15) is 6.15 Å². The van der Waals surface area contributed by atoms with Gasteiger partial charge in [-0.05, 0) is 0 Å². The molecular weight excluding hydrogens is 750 g/mol. The molecule has 1 aromatic rings. The number of rotatable bonds is 12. The van der Waals surface area contributed by atoms with Gasteiger partial charge in [0.25, 0.3) is 0 Å². The molecular formula is C26H58O2Si6Sn2. The fourth-order valence-corrected chi connectivity index (χ4v) is 99.7. The molecule has 0 aliphatic rings. The van der Waals surface area contributed by atoms with Crippen molar-refractivity contribution in [3.05, 3.63) is 24.3 Å². The normalized spacial score (nSPS) is 14.5. The Morgan fingerprint density at radius 1 is 0.472 bits per heavy atom. The summed E-state index contributed by atoms with van der Waals surface area (Å²) in [6.07, 6.45) is 0. The van der Waals surface area contributed by atoms with E-state index in [0.717, 1.165) is 8.12 Å². The van der Waals surface area contributed by atoms with E-state index in [1.54, 1.807) is 0 Å². The molecule has 1 rings (SSSR count). The van der Waals surface area contributed by atoms with Gasteiger partial charge in [-0.3, -0.25) is 0 Å². The molecule has 0 spiro atoms. The molecule has 0 N–H and O–H groups in total. The average molecular weight is 809 g/mol. The monoisotopic (exact) mass is 810 g/mol. The SMILES string of the molecule is C[Si](C)([CH2][Sn](=[O])[CH]([Si](C)(C)C)[Si](C)(C)C)c1ccc([Si](C)(C)[CH2][Sn](=[O])[CH]([Si](C)(C)C)[Si](C)(C)C)cc1. The fraction of sp³-hybridized carbons (Fsp3) is 0.769. The molecule has 0 atom stereocenters. The molecule has 0 amide bonds. The predicted octanol–water partition coefficient (Wildman–Crippen LogP) is 7.69. The molecule has 0 fully saturated rings. The Bertz CT molecular complexity index is 829. The first kappa shape index (κ1) is 35.7. The number of hydrogen-bond acceptors (Lipinski definition) is 2. The van der Waals surface area contributed by atoms with Crippen LogP contribution in [-0.4, -0.2) is 87.9 Å². The second kappa shape index (κ2) is 12.3. The molecule has 0 radical (unpaired) electrons. The van der Waals surface area contributed by atoms with E-state index >= 15 is 0 Å². The maximum atomic E-state index is 14.0. The van der Waals surface area contributed by atoms with Gasteiger partial charge in [-0.25, -0.2) is 0 Å². The molecule has 0 aliphatic carbocycles. The minimum atomic E-state index is -2.73. The summed E-state index contributed by atoms with van der Waals surface area (Å²) in [5.74, 6) is 0. The summed E-state index contributed by atoms with van der Waals surface area (Å²) in [6, 6.07) is 9.53. The third-order valence-corrected chi connectivity index (χ3v) is 94.4. The molecule has 2 nitrogen and oxygen atoms in total. The molecule has 0 bridgehead atoms. The molecule has 0 heterocycles. The van der Waals surface area contributed by atoms with Crippen molar-refractivity contribution in [1.82, 2.24) is 0 Å². The van der Waals surface area contributed by atoms with E-state index < -0.39 is 87.9 Å². The summed E-state index contributed by atoms with van der Waals surface area (Å²) in [5, 5.41) is 2.94. The van der Waals surface area contributed by atoms with Crippen LogP contribution in [0.4, 0.5) is 0 Å². The zero-order valence-electron chi connectivity index (χ0n) is 26.7. The first-order chi connectivity index (χ1) is 15.7. The third kappa shape index (κ3) is 9.97. The second-order valence-electron chi connectivity index (χ2n) is 17.0. The first-order valence-electron chi connectivity index (χ1n) is 13.9. The number of hydrogen-bond donors (Lipinski definition) is 0. The summed E-state index contributed by atoms with van der Waals surface area (Å²) in [7, 11) is -9.20. The van der Waals surface area contributed by atoms with Gasteiger partial charge in [0.05, 0.1) is 0 Å². The van der Waals surface area contributed by atoms with Crippen molar-refractivity contribution in [3.63, 3.8) is 0 Å². The molecule has 0 aliphatic heterocycles. The Hall–Kier alpha value is 1.72. The predicted molar refractivity (Wildman–Crippen MR) is 184 cm³/mol. The van der Waals surface area contributed by atoms with Crippen molar-refractivity contribution < 1.29 is 6.15 Å². The molecule has 0 unspecified atom stereocenters. The first-order valence-corrected chi connectivity index (χ1v) is 44.3. The maximum absolute atomic E-state index is 14.0. The van der Waals surface area contributed by atoms with E-state index in [2.05, 4.69) is 129 Å². The molecule has 1 aromatic carbocycles. The number of benzene rings is 1. The van der Waals surface area contributed by atoms with E-state index in [1.807, 2.05) is 0 Å². The summed E-state index contributed by atoms with van der Waals surface area (Å²) >= 11 is -5.46. The zero-order chi connectivity index (χ0) is 28.7. The Balaban J connectivity index is 3.18. The van der Waals surface area contributed by atoms with Crippen molar-refractivity contribution in [2.75, 3.05) is 0 Å². The molecule has 0 saturated carbocycles. The van der Waals surface area contributed by atoms with Crippen molar-refractivity contribution in [2.45, 2.75) is 119 Å². The molecule has 206 valence electrons. The van der Waals surface area contributed by atoms with E-state index in [0.29, 0.717) is 6.36 Å². The van der Waals surface area contributed by atoms with Gasteiger partial charge in [0.15, 0.2) is 0 Å². The summed E-state index contributed by atoms with van der Waals surface area (Å²) in [4.78, 5) is 0. The van der Waals surface area contributed by atoms with Crippen LogP contribution in [0, 0.1) is 0 Å². The van der Waals surface area contributed by atoms with E-state index in [1.165, 1.54) is 10.4 Å². The molecule has 0 aromatic heterocycles. The minimum absolute atomic E-state index is 0.608. The summed E-state index contributed by atoms with van der Waals surface area (Å²) in [6.45, 7) is 39.2. The third-order valence-electron chi connectivity index (χ3n) is 7.79. The van der Waals surface area contributed by atoms with Gasteiger partial charge in [-0.1, -0.05) is 0 Å². The molecule has 36 heavy (non-hydrogen) atoms. The fourth-order valence-electron chi connectivity index (χ4n) is 7.18. The van der Waals surface area contributed by atoms with Crippen LogP contribution in [0.15, 0.2) is 24.3 Å². The van der Waals surface area contributed by atoms with Crippen molar-refractivity contribution in [3.8, 4) is 0 Å². The van der Waals surface area contributed by atoms with Crippen molar-refractivity contribution in [2.24, 2.45) is 0 Å². The van der Waals surface area contributed by atoms with Gasteiger partial charge in [-0.2, -0.15) is 0 Å². The van der Waals surface area contributed by atoms with Crippen LogP contribution >= 0.6 is 0 Å². The molecule has 0 saturated heterocycles. The van der Waals surface area contributed by atoms with Crippen LogP contribution in [0.3, 0.4) is 0 Å². The van der Waals surface area contributed by atoms with Gasteiger partial charge >= 0.3 is 248 Å². The summed E-state index contributed by atoms with van der Waals surface area (Å²) < 4.78 is 31.2. The standard InChI is InChI=1S/C12H20Si2.2C7H19Si2.2O.2Sn/c1-13(2,3)11-7-9-12(10-8-11)14(4,5)6;2*1-8(2,3)7-9(4,5)6;;;;/h7-10H,1,4H2,2-3,5-6H3;2*7H,1-6H3;;;;. The Morgan fingerprint density at radius 2 is 0.667 bits per heavy atom. The van der Waals surface area contributed by atoms with Gasteiger partial charge in [0, 0.05) is 0 Å². The van der Waals surface area contributed by atoms with Crippen LogP contribution in [0.25, 0.3) is 0 Å². The van der Waals surface area contributed by atoms with Crippen molar-refractivity contribution in [1.29, 1.82) is 0 Å². The van der Waals surface area contributed by atoms with Crippen LogP contribution in [0.2, 0.25) is 119 Å². The van der Waals surface area contributed by atoms with E-state index in [-0.39, 0.29) is 0 Å². The summed E-state index contributed by atoms with van der Waals surface area (Å²) in [5.41, 5.74) is 0. The van der Waals surface area contributed by atoms with E-state index in [4.69, 9.17) is 0 Å². The van der Waals surface area contributed by atoms with Crippen molar-refractivity contribution >= 4 is 98.3 Å².